The van der Waals surface area contributed by atoms with Gasteiger partial charge < -0.3 is 14.6 Å². The van der Waals surface area contributed by atoms with Gasteiger partial charge in [-0.1, -0.05) is 0 Å². The molecule has 1 saturated heterocycles. The normalized spacial score (nSPS) is 19.3. The van der Waals surface area contributed by atoms with Gasteiger partial charge in [-0.25, -0.2) is 4.79 Å². The molecule has 21 heavy (non-hydrogen) atoms. The van der Waals surface area contributed by atoms with Crippen molar-refractivity contribution in [1.82, 2.24) is 0 Å². The fraction of sp³-hybridized carbons (Fsp3) is 0.500. The molecule has 116 valence electrons. The summed E-state index contributed by atoms with van der Waals surface area (Å²) >= 11 is 0. The van der Waals surface area contributed by atoms with Crippen molar-refractivity contribution in [2.75, 3.05) is 13.2 Å². The first-order valence-electron chi connectivity index (χ1n) is 6.57. The van der Waals surface area contributed by atoms with Gasteiger partial charge in [0.2, 0.25) is 0 Å². The van der Waals surface area contributed by atoms with Gasteiger partial charge in [0.1, 0.15) is 17.9 Å². The average Bonchev–Trinajstić information content (AvgIpc) is 2.45. The van der Waals surface area contributed by atoms with Crippen molar-refractivity contribution in [3.63, 3.8) is 0 Å². The van der Waals surface area contributed by atoms with E-state index in [4.69, 9.17) is 14.6 Å². The summed E-state index contributed by atoms with van der Waals surface area (Å²) in [6.45, 7) is 0.748. The average molecular weight is 304 g/mol. The number of aromatic carboxylic acids is 1. The zero-order valence-corrected chi connectivity index (χ0v) is 11.2. The van der Waals surface area contributed by atoms with Gasteiger partial charge in [-0.15, -0.1) is 0 Å². The van der Waals surface area contributed by atoms with Crippen LogP contribution in [0.25, 0.3) is 0 Å². The largest absolute Gasteiger partial charge is 0.490 e. The Bertz CT molecular complexity index is 507. The maximum atomic E-state index is 12.6. The molecule has 0 aromatic heterocycles. The molecule has 1 heterocycles. The summed E-state index contributed by atoms with van der Waals surface area (Å²) < 4.78 is 48.5. The van der Waals surface area contributed by atoms with Crippen molar-refractivity contribution in [3.8, 4) is 5.75 Å². The predicted octanol–water partition coefficient (Wildman–Crippen LogP) is 3.35. The van der Waals surface area contributed by atoms with Crippen molar-refractivity contribution in [1.29, 1.82) is 0 Å². The summed E-state index contributed by atoms with van der Waals surface area (Å²) in [5.74, 6) is -1.54. The molecule has 1 atom stereocenters. The van der Waals surface area contributed by atoms with Gasteiger partial charge in [-0.3, -0.25) is 0 Å². The molecule has 1 aliphatic rings. The number of hydrogen-bond acceptors (Lipinski definition) is 3. The number of ether oxygens (including phenoxy) is 2. The van der Waals surface area contributed by atoms with Crippen LogP contribution in [-0.4, -0.2) is 30.4 Å². The van der Waals surface area contributed by atoms with Crippen LogP contribution in [0.1, 0.15) is 35.2 Å². The SMILES string of the molecule is O=C(O)c1cc(C(F)(F)F)ccc1OCC1CCCCO1. The van der Waals surface area contributed by atoms with E-state index in [1.807, 2.05) is 0 Å². The highest BCUT2D eigenvalue weighted by molar-refractivity contribution is 5.91. The Labute approximate surface area is 119 Å². The molecular weight excluding hydrogens is 289 g/mol. The van der Waals surface area contributed by atoms with E-state index in [1.165, 1.54) is 0 Å². The van der Waals surface area contributed by atoms with E-state index in [0.29, 0.717) is 12.7 Å². The van der Waals surface area contributed by atoms with Crippen molar-refractivity contribution in [2.24, 2.45) is 0 Å². The third kappa shape index (κ3) is 4.10. The summed E-state index contributed by atoms with van der Waals surface area (Å²) in [6.07, 6.45) is -1.98. The van der Waals surface area contributed by atoms with Crippen LogP contribution in [0.15, 0.2) is 18.2 Å². The van der Waals surface area contributed by atoms with Gasteiger partial charge in [0.25, 0.3) is 0 Å². The molecule has 1 aliphatic heterocycles. The number of carboxylic acids is 1. The highest BCUT2D eigenvalue weighted by atomic mass is 19.4. The molecule has 1 aromatic carbocycles. The third-order valence-electron chi connectivity index (χ3n) is 3.24. The zero-order valence-electron chi connectivity index (χ0n) is 11.2. The second kappa shape index (κ2) is 6.34. The molecule has 0 spiro atoms. The Morgan fingerprint density at radius 3 is 2.71 bits per heavy atom. The maximum absolute atomic E-state index is 12.6. The lowest BCUT2D eigenvalue weighted by atomic mass is 10.1. The second-order valence-electron chi connectivity index (χ2n) is 4.81. The maximum Gasteiger partial charge on any atom is 0.416 e. The van der Waals surface area contributed by atoms with E-state index in [9.17, 15) is 18.0 Å². The molecule has 0 aliphatic carbocycles. The first kappa shape index (κ1) is 15.6. The van der Waals surface area contributed by atoms with Crippen LogP contribution in [0, 0.1) is 0 Å². The fourth-order valence-corrected chi connectivity index (χ4v) is 2.12. The number of benzene rings is 1. The van der Waals surface area contributed by atoms with Crippen LogP contribution in [-0.2, 0) is 10.9 Å². The quantitative estimate of drug-likeness (QED) is 0.927. The molecule has 0 radical (unpaired) electrons. The van der Waals surface area contributed by atoms with Crippen LogP contribution in [0.4, 0.5) is 13.2 Å². The van der Waals surface area contributed by atoms with E-state index in [-0.39, 0.29) is 18.5 Å². The van der Waals surface area contributed by atoms with E-state index >= 15 is 0 Å². The molecule has 0 bridgehead atoms. The molecule has 0 amide bonds. The Kier molecular flexibility index (Phi) is 4.72. The van der Waals surface area contributed by atoms with E-state index in [0.717, 1.165) is 31.4 Å². The highest BCUT2D eigenvalue weighted by Crippen LogP contribution is 2.32. The number of carbonyl (C=O) groups is 1. The van der Waals surface area contributed by atoms with Gasteiger partial charge in [-0.2, -0.15) is 13.2 Å². The molecule has 4 nitrogen and oxygen atoms in total. The minimum Gasteiger partial charge on any atom is -0.490 e. The topological polar surface area (TPSA) is 55.8 Å². The summed E-state index contributed by atoms with van der Waals surface area (Å²) in [7, 11) is 0. The highest BCUT2D eigenvalue weighted by Gasteiger charge is 2.32. The van der Waals surface area contributed by atoms with Gasteiger partial charge in [-0.05, 0) is 37.5 Å². The van der Waals surface area contributed by atoms with Crippen LogP contribution in [0.5, 0.6) is 5.75 Å². The number of hydrogen-bond donors (Lipinski definition) is 1. The summed E-state index contributed by atoms with van der Waals surface area (Å²) in [5.41, 5.74) is -1.51. The van der Waals surface area contributed by atoms with E-state index in [1.54, 1.807) is 0 Å². The standard InChI is InChI=1S/C14H15F3O4/c15-14(16,17)9-4-5-12(11(7-9)13(18)19)21-8-10-3-1-2-6-20-10/h4-5,7,10H,1-3,6,8H2,(H,18,19). The number of rotatable bonds is 4. The van der Waals surface area contributed by atoms with Crippen molar-refractivity contribution >= 4 is 5.97 Å². The molecular formula is C14H15F3O4. The minimum absolute atomic E-state index is 0.0790. The van der Waals surface area contributed by atoms with Crippen molar-refractivity contribution in [2.45, 2.75) is 31.5 Å². The second-order valence-corrected chi connectivity index (χ2v) is 4.81. The van der Waals surface area contributed by atoms with Gasteiger partial charge >= 0.3 is 12.1 Å². The summed E-state index contributed by atoms with van der Waals surface area (Å²) in [6, 6.07) is 2.43. The van der Waals surface area contributed by atoms with Gasteiger partial charge in [0, 0.05) is 6.61 Å². The van der Waals surface area contributed by atoms with Crippen LogP contribution >= 0.6 is 0 Å². The Morgan fingerprint density at radius 1 is 1.38 bits per heavy atom. The molecule has 1 N–H and O–H groups in total. The van der Waals surface area contributed by atoms with Gasteiger partial charge in [0.05, 0.1) is 11.7 Å². The number of alkyl halides is 3. The van der Waals surface area contributed by atoms with Gasteiger partial charge in [0.15, 0.2) is 0 Å². The molecule has 1 unspecified atom stereocenters. The Hall–Kier alpha value is -1.76. The number of halogens is 3. The van der Waals surface area contributed by atoms with Crippen LogP contribution in [0.2, 0.25) is 0 Å². The molecule has 1 aromatic rings. The van der Waals surface area contributed by atoms with E-state index in [2.05, 4.69) is 0 Å². The van der Waals surface area contributed by atoms with Crippen molar-refractivity contribution < 1.29 is 32.5 Å². The zero-order chi connectivity index (χ0) is 15.5. The predicted molar refractivity (Wildman–Crippen MR) is 67.5 cm³/mol. The number of carboxylic acid groups (broad SMARTS) is 1. The van der Waals surface area contributed by atoms with Crippen molar-refractivity contribution in [3.05, 3.63) is 29.3 Å². The lowest BCUT2D eigenvalue weighted by molar-refractivity contribution is -0.137. The Balaban J connectivity index is 2.12. The fourth-order valence-electron chi connectivity index (χ4n) is 2.12. The lowest BCUT2D eigenvalue weighted by Crippen LogP contribution is -2.26. The summed E-state index contributed by atoms with van der Waals surface area (Å²) in [4.78, 5) is 11.1. The molecule has 2 rings (SSSR count). The third-order valence-corrected chi connectivity index (χ3v) is 3.24. The smallest absolute Gasteiger partial charge is 0.416 e. The van der Waals surface area contributed by atoms with Crippen LogP contribution < -0.4 is 4.74 Å². The monoisotopic (exact) mass is 304 g/mol. The molecule has 1 fully saturated rings. The first-order chi connectivity index (χ1) is 9.88. The lowest BCUT2D eigenvalue weighted by Gasteiger charge is -2.23. The Morgan fingerprint density at radius 2 is 2.14 bits per heavy atom. The summed E-state index contributed by atoms with van der Waals surface area (Å²) in [5, 5.41) is 9.01. The van der Waals surface area contributed by atoms with Crippen LogP contribution in [0.3, 0.4) is 0 Å². The minimum atomic E-state index is -4.59. The first-order valence-corrected chi connectivity index (χ1v) is 6.57. The van der Waals surface area contributed by atoms with E-state index < -0.39 is 23.3 Å². The molecule has 7 heteroatoms. The molecule has 0 saturated carbocycles.